The highest BCUT2D eigenvalue weighted by molar-refractivity contribution is 5.57. The predicted molar refractivity (Wildman–Crippen MR) is 98.1 cm³/mol. The van der Waals surface area contributed by atoms with Gasteiger partial charge >= 0.3 is 0 Å². The Kier molecular flexibility index (Phi) is 4.79. The summed E-state index contributed by atoms with van der Waals surface area (Å²) < 4.78 is 13.2. The fourth-order valence-electron chi connectivity index (χ4n) is 2.90. The zero-order valence-corrected chi connectivity index (χ0v) is 14.6. The molecule has 0 spiro atoms. The standard InChI is InChI=1S/C19H21N5O2/c1-14-13-15(3-4-17(14)26-16-6-11-25-12-7-16)22-19-20-9-5-18(23-19)24-10-2-8-21-24/h2-5,8-10,13,16H,6-7,11-12H2,1H3,(H,20,22,23). The number of nitrogens with one attached hydrogen (secondary N) is 1. The molecule has 26 heavy (non-hydrogen) atoms. The Morgan fingerprint density at radius 2 is 2.08 bits per heavy atom. The van der Waals surface area contributed by atoms with Crippen LogP contribution in [0.3, 0.4) is 0 Å². The van der Waals surface area contributed by atoms with Crippen LogP contribution in [0, 0.1) is 6.92 Å². The fourth-order valence-corrected chi connectivity index (χ4v) is 2.90. The Balaban J connectivity index is 1.47. The summed E-state index contributed by atoms with van der Waals surface area (Å²) >= 11 is 0. The van der Waals surface area contributed by atoms with Gasteiger partial charge in [-0.2, -0.15) is 10.1 Å². The van der Waals surface area contributed by atoms with Gasteiger partial charge in [-0.3, -0.25) is 0 Å². The number of hydrogen-bond acceptors (Lipinski definition) is 6. The molecular formula is C19H21N5O2. The van der Waals surface area contributed by atoms with E-state index >= 15 is 0 Å². The fraction of sp³-hybridized carbons (Fsp3) is 0.316. The number of rotatable bonds is 5. The molecule has 1 N–H and O–H groups in total. The number of aromatic nitrogens is 4. The van der Waals surface area contributed by atoms with E-state index in [2.05, 4.69) is 20.4 Å². The molecule has 2 aromatic heterocycles. The molecule has 1 fully saturated rings. The lowest BCUT2D eigenvalue weighted by Crippen LogP contribution is -2.26. The average Bonchev–Trinajstić information content (AvgIpc) is 3.20. The normalized spacial score (nSPS) is 15.0. The summed E-state index contributed by atoms with van der Waals surface area (Å²) in [5, 5.41) is 7.43. The van der Waals surface area contributed by atoms with Crippen LogP contribution in [-0.2, 0) is 4.74 Å². The number of aryl methyl sites for hydroxylation is 1. The summed E-state index contributed by atoms with van der Waals surface area (Å²) in [6, 6.07) is 9.68. The summed E-state index contributed by atoms with van der Waals surface area (Å²) in [5.41, 5.74) is 1.99. The minimum absolute atomic E-state index is 0.232. The summed E-state index contributed by atoms with van der Waals surface area (Å²) in [7, 11) is 0. The van der Waals surface area contributed by atoms with Crippen molar-refractivity contribution < 1.29 is 9.47 Å². The average molecular weight is 351 g/mol. The number of hydrogen-bond donors (Lipinski definition) is 1. The zero-order chi connectivity index (χ0) is 17.8. The van der Waals surface area contributed by atoms with Gasteiger partial charge in [0.1, 0.15) is 11.9 Å². The first-order valence-electron chi connectivity index (χ1n) is 8.73. The van der Waals surface area contributed by atoms with Gasteiger partial charge in [-0.25, -0.2) is 9.67 Å². The number of anilines is 2. The predicted octanol–water partition coefficient (Wildman–Crippen LogP) is 3.27. The van der Waals surface area contributed by atoms with Crippen LogP contribution in [0.25, 0.3) is 5.82 Å². The van der Waals surface area contributed by atoms with Crippen molar-refractivity contribution in [2.75, 3.05) is 18.5 Å². The van der Waals surface area contributed by atoms with Crippen LogP contribution >= 0.6 is 0 Å². The minimum Gasteiger partial charge on any atom is -0.490 e. The Morgan fingerprint density at radius 1 is 1.19 bits per heavy atom. The van der Waals surface area contributed by atoms with E-state index in [1.807, 2.05) is 43.5 Å². The molecule has 0 bridgehead atoms. The smallest absolute Gasteiger partial charge is 0.229 e. The van der Waals surface area contributed by atoms with Crippen molar-refractivity contribution >= 4 is 11.6 Å². The summed E-state index contributed by atoms with van der Waals surface area (Å²) in [4.78, 5) is 8.77. The van der Waals surface area contributed by atoms with Crippen LogP contribution in [0.4, 0.5) is 11.6 Å². The minimum atomic E-state index is 0.232. The summed E-state index contributed by atoms with van der Waals surface area (Å²) in [6.45, 7) is 3.58. The molecule has 1 aliphatic heterocycles. The van der Waals surface area contributed by atoms with Gasteiger partial charge in [0.2, 0.25) is 5.95 Å². The van der Waals surface area contributed by atoms with Crippen molar-refractivity contribution in [1.29, 1.82) is 0 Å². The van der Waals surface area contributed by atoms with E-state index in [4.69, 9.17) is 9.47 Å². The van der Waals surface area contributed by atoms with E-state index < -0.39 is 0 Å². The first-order valence-corrected chi connectivity index (χ1v) is 8.73. The van der Waals surface area contributed by atoms with Crippen LogP contribution in [0.2, 0.25) is 0 Å². The molecule has 0 aliphatic carbocycles. The second-order valence-electron chi connectivity index (χ2n) is 6.22. The molecule has 1 aliphatic rings. The third-order valence-corrected chi connectivity index (χ3v) is 4.27. The summed E-state index contributed by atoms with van der Waals surface area (Å²) in [6.07, 6.45) is 7.38. The van der Waals surface area contributed by atoms with Gasteiger partial charge in [-0.1, -0.05) is 0 Å². The van der Waals surface area contributed by atoms with Crippen molar-refractivity contribution in [2.45, 2.75) is 25.9 Å². The highest BCUT2D eigenvalue weighted by atomic mass is 16.5. The molecule has 0 atom stereocenters. The first-order chi connectivity index (χ1) is 12.8. The van der Waals surface area contributed by atoms with Gasteiger partial charge in [-0.05, 0) is 36.8 Å². The topological polar surface area (TPSA) is 74.1 Å². The van der Waals surface area contributed by atoms with Gasteiger partial charge in [0.25, 0.3) is 0 Å². The molecule has 0 radical (unpaired) electrons. The SMILES string of the molecule is Cc1cc(Nc2nccc(-n3cccn3)n2)ccc1OC1CCOCC1. The van der Waals surface area contributed by atoms with Crippen LogP contribution in [0.1, 0.15) is 18.4 Å². The number of nitrogens with zero attached hydrogens (tertiary/aromatic N) is 4. The third-order valence-electron chi connectivity index (χ3n) is 4.27. The molecule has 0 unspecified atom stereocenters. The Bertz CT molecular complexity index is 860. The Hall–Kier alpha value is -2.93. The molecule has 0 saturated carbocycles. The molecule has 4 rings (SSSR count). The molecule has 0 amide bonds. The van der Waals surface area contributed by atoms with E-state index in [9.17, 15) is 0 Å². The van der Waals surface area contributed by atoms with Gasteiger partial charge in [0.15, 0.2) is 5.82 Å². The maximum absolute atomic E-state index is 6.11. The second-order valence-corrected chi connectivity index (χ2v) is 6.22. The van der Waals surface area contributed by atoms with E-state index in [0.29, 0.717) is 11.8 Å². The molecule has 3 aromatic rings. The van der Waals surface area contributed by atoms with E-state index in [1.54, 1.807) is 17.1 Å². The largest absolute Gasteiger partial charge is 0.490 e. The quantitative estimate of drug-likeness (QED) is 0.760. The van der Waals surface area contributed by atoms with Gasteiger partial charge in [0.05, 0.1) is 13.2 Å². The van der Waals surface area contributed by atoms with Crippen molar-refractivity contribution in [3.05, 3.63) is 54.5 Å². The first kappa shape index (κ1) is 16.5. The maximum atomic E-state index is 6.11. The van der Waals surface area contributed by atoms with Crippen LogP contribution in [0.5, 0.6) is 5.75 Å². The third kappa shape index (κ3) is 3.83. The molecule has 7 heteroatoms. The number of benzene rings is 1. The molecule has 1 aromatic carbocycles. The van der Waals surface area contributed by atoms with Crippen molar-refractivity contribution in [3.8, 4) is 11.6 Å². The highest BCUT2D eigenvalue weighted by Crippen LogP contribution is 2.26. The molecule has 1 saturated heterocycles. The highest BCUT2D eigenvalue weighted by Gasteiger charge is 2.16. The molecule has 7 nitrogen and oxygen atoms in total. The Morgan fingerprint density at radius 3 is 2.85 bits per heavy atom. The van der Waals surface area contributed by atoms with E-state index in [-0.39, 0.29) is 6.10 Å². The van der Waals surface area contributed by atoms with Gasteiger partial charge in [-0.15, -0.1) is 0 Å². The van der Waals surface area contributed by atoms with Crippen LogP contribution in [-0.4, -0.2) is 39.1 Å². The Labute approximate surface area is 152 Å². The van der Waals surface area contributed by atoms with Crippen molar-refractivity contribution in [1.82, 2.24) is 19.7 Å². The van der Waals surface area contributed by atoms with Crippen LogP contribution < -0.4 is 10.1 Å². The van der Waals surface area contributed by atoms with Gasteiger partial charge < -0.3 is 14.8 Å². The van der Waals surface area contributed by atoms with E-state index in [1.165, 1.54) is 0 Å². The lowest BCUT2D eigenvalue weighted by Gasteiger charge is -2.24. The molecule has 3 heterocycles. The van der Waals surface area contributed by atoms with Gasteiger partial charge in [0, 0.05) is 43.2 Å². The molecular weight excluding hydrogens is 330 g/mol. The van der Waals surface area contributed by atoms with Crippen LogP contribution in [0.15, 0.2) is 48.9 Å². The maximum Gasteiger partial charge on any atom is 0.229 e. The zero-order valence-electron chi connectivity index (χ0n) is 14.6. The lowest BCUT2D eigenvalue weighted by molar-refractivity contribution is 0.0253. The summed E-state index contributed by atoms with van der Waals surface area (Å²) in [5.74, 6) is 2.15. The van der Waals surface area contributed by atoms with E-state index in [0.717, 1.165) is 43.1 Å². The second kappa shape index (κ2) is 7.53. The monoisotopic (exact) mass is 351 g/mol. The van der Waals surface area contributed by atoms with Crippen molar-refractivity contribution in [3.63, 3.8) is 0 Å². The van der Waals surface area contributed by atoms with Crippen molar-refractivity contribution in [2.24, 2.45) is 0 Å². The molecule has 134 valence electrons. The lowest BCUT2D eigenvalue weighted by atomic mass is 10.1. The number of ether oxygens (including phenoxy) is 2.